The van der Waals surface area contributed by atoms with Crippen LogP contribution in [0.3, 0.4) is 0 Å². The molecule has 1 aromatic rings. The molecule has 4 aliphatic rings. The van der Waals surface area contributed by atoms with Gasteiger partial charge in [0.2, 0.25) is 11.8 Å². The minimum Gasteiger partial charge on any atom is -0.341 e. The van der Waals surface area contributed by atoms with Gasteiger partial charge < -0.3 is 14.7 Å². The Morgan fingerprint density at radius 1 is 0.912 bits per heavy atom. The van der Waals surface area contributed by atoms with Gasteiger partial charge in [-0.2, -0.15) is 0 Å². The van der Waals surface area contributed by atoms with Crippen molar-refractivity contribution in [3.8, 4) is 0 Å². The van der Waals surface area contributed by atoms with Crippen LogP contribution in [0.5, 0.6) is 0 Å². The van der Waals surface area contributed by atoms with Crippen molar-refractivity contribution in [2.45, 2.75) is 89.6 Å². The number of benzene rings is 1. The first-order valence-electron chi connectivity index (χ1n) is 13.5. The first-order valence-corrected chi connectivity index (χ1v) is 13.5. The number of hydrogen-bond acceptors (Lipinski definition) is 3. The Balaban J connectivity index is 1.29. The largest absolute Gasteiger partial charge is 0.341 e. The molecule has 2 amide bonds. The van der Waals surface area contributed by atoms with E-state index < -0.39 is 5.41 Å². The second-order valence-electron chi connectivity index (χ2n) is 11.2. The number of piperidine rings is 2. The van der Waals surface area contributed by atoms with Crippen LogP contribution in [0.15, 0.2) is 35.4 Å². The molecule has 0 bridgehead atoms. The van der Waals surface area contributed by atoms with Crippen LogP contribution in [0, 0.1) is 0 Å². The number of carbonyl (C=O) groups is 2. The van der Waals surface area contributed by atoms with Crippen LogP contribution in [0.25, 0.3) is 0 Å². The summed E-state index contributed by atoms with van der Waals surface area (Å²) in [6.07, 6.45) is 9.55. The van der Waals surface area contributed by atoms with Crippen molar-refractivity contribution in [1.82, 2.24) is 14.7 Å². The van der Waals surface area contributed by atoms with Crippen LogP contribution in [0.2, 0.25) is 0 Å². The van der Waals surface area contributed by atoms with Crippen molar-refractivity contribution in [3.05, 3.63) is 46.5 Å². The molecule has 0 atom stereocenters. The fourth-order valence-electron chi connectivity index (χ4n) is 6.91. The molecular weight excluding hydrogens is 422 g/mol. The number of nitrogens with zero attached hydrogens (tertiary/aromatic N) is 3. The van der Waals surface area contributed by atoms with Crippen LogP contribution >= 0.6 is 0 Å². The fourth-order valence-corrected chi connectivity index (χ4v) is 6.91. The third-order valence-corrected chi connectivity index (χ3v) is 9.09. The lowest BCUT2D eigenvalue weighted by Gasteiger charge is -2.49. The molecule has 1 aliphatic carbocycles. The van der Waals surface area contributed by atoms with E-state index in [9.17, 15) is 9.59 Å². The van der Waals surface area contributed by atoms with Gasteiger partial charge in [0, 0.05) is 38.6 Å². The van der Waals surface area contributed by atoms with Gasteiger partial charge in [0.15, 0.2) is 0 Å². The Morgan fingerprint density at radius 3 is 2.32 bits per heavy atom. The predicted molar refractivity (Wildman–Crippen MR) is 135 cm³/mol. The maximum absolute atomic E-state index is 14.0. The number of allylic oxidation sites excluding steroid dienone is 2. The van der Waals surface area contributed by atoms with Gasteiger partial charge >= 0.3 is 0 Å². The molecule has 5 heteroatoms. The zero-order valence-corrected chi connectivity index (χ0v) is 21.2. The highest BCUT2D eigenvalue weighted by atomic mass is 16.2. The zero-order valence-electron chi connectivity index (χ0n) is 21.2. The Morgan fingerprint density at radius 2 is 1.62 bits per heavy atom. The highest BCUT2D eigenvalue weighted by molar-refractivity contribution is 5.90. The second-order valence-corrected chi connectivity index (χ2v) is 11.2. The number of fused-ring (bicyclic) bond motifs is 2. The lowest BCUT2D eigenvalue weighted by molar-refractivity contribution is -0.144. The molecule has 1 spiro atoms. The van der Waals surface area contributed by atoms with Gasteiger partial charge in [-0.3, -0.25) is 9.59 Å². The molecule has 3 fully saturated rings. The van der Waals surface area contributed by atoms with Crippen molar-refractivity contribution < 1.29 is 9.59 Å². The quantitative estimate of drug-likeness (QED) is 0.611. The smallest absolute Gasteiger partial charge is 0.233 e. The highest BCUT2D eigenvalue weighted by Gasteiger charge is 2.49. The molecule has 0 N–H and O–H groups in total. The molecule has 0 aromatic heterocycles. The van der Waals surface area contributed by atoms with Crippen molar-refractivity contribution in [1.29, 1.82) is 0 Å². The summed E-state index contributed by atoms with van der Waals surface area (Å²) in [6.45, 7) is 9.35. The Hall–Kier alpha value is -2.14. The van der Waals surface area contributed by atoms with Gasteiger partial charge in [-0.15, -0.1) is 0 Å². The van der Waals surface area contributed by atoms with Crippen LogP contribution in [0.4, 0.5) is 0 Å². The average Bonchev–Trinajstić information content (AvgIpc) is 2.87. The Kier molecular flexibility index (Phi) is 6.83. The molecule has 0 unspecified atom stereocenters. The summed E-state index contributed by atoms with van der Waals surface area (Å²) < 4.78 is 0. The van der Waals surface area contributed by atoms with Crippen LogP contribution < -0.4 is 0 Å². The lowest BCUT2D eigenvalue weighted by Crippen LogP contribution is -2.58. The third-order valence-electron chi connectivity index (χ3n) is 9.09. The molecule has 1 aromatic carbocycles. The molecule has 0 radical (unpaired) electrons. The van der Waals surface area contributed by atoms with Crippen molar-refractivity contribution in [2.75, 3.05) is 32.7 Å². The van der Waals surface area contributed by atoms with Crippen molar-refractivity contribution in [2.24, 2.45) is 0 Å². The molecule has 1 saturated carbocycles. The molecular formula is C29H41N3O2. The number of hydrogen-bond donors (Lipinski definition) is 0. The van der Waals surface area contributed by atoms with E-state index in [1.54, 1.807) is 5.57 Å². The van der Waals surface area contributed by atoms with Gasteiger partial charge in [-0.1, -0.05) is 35.4 Å². The number of carbonyl (C=O) groups excluding carboxylic acids is 2. The Bertz CT molecular complexity index is 946. The zero-order chi connectivity index (χ0) is 23.7. The minimum atomic E-state index is -0.392. The van der Waals surface area contributed by atoms with Crippen molar-refractivity contribution >= 4 is 11.8 Å². The monoisotopic (exact) mass is 463 g/mol. The third kappa shape index (κ3) is 4.44. The first kappa shape index (κ1) is 23.6. The molecule has 3 heterocycles. The lowest BCUT2D eigenvalue weighted by atomic mass is 9.67. The van der Waals surface area contributed by atoms with Crippen molar-refractivity contribution in [3.63, 3.8) is 0 Å². The molecule has 2 saturated heterocycles. The van der Waals surface area contributed by atoms with Gasteiger partial charge in [0.05, 0.1) is 5.41 Å². The van der Waals surface area contributed by atoms with Crippen LogP contribution in [-0.4, -0.2) is 65.3 Å². The fraction of sp³-hybridized carbons (Fsp3) is 0.655. The van der Waals surface area contributed by atoms with E-state index in [1.807, 2.05) is 4.90 Å². The minimum absolute atomic E-state index is 0.253. The van der Waals surface area contributed by atoms with E-state index in [2.05, 4.69) is 47.9 Å². The van der Waals surface area contributed by atoms with E-state index in [0.717, 1.165) is 45.3 Å². The molecule has 5 rings (SSSR count). The average molecular weight is 464 g/mol. The first-order chi connectivity index (χ1) is 16.5. The second kappa shape index (κ2) is 9.85. The van der Waals surface area contributed by atoms with E-state index in [-0.39, 0.29) is 5.91 Å². The molecule has 184 valence electrons. The van der Waals surface area contributed by atoms with Gasteiger partial charge in [-0.25, -0.2) is 0 Å². The van der Waals surface area contributed by atoms with E-state index in [4.69, 9.17) is 0 Å². The van der Waals surface area contributed by atoms with E-state index >= 15 is 0 Å². The summed E-state index contributed by atoms with van der Waals surface area (Å²) in [5.41, 5.74) is 5.33. The van der Waals surface area contributed by atoms with Gasteiger partial charge in [0.25, 0.3) is 0 Å². The summed E-state index contributed by atoms with van der Waals surface area (Å²) in [6, 6.07) is 9.28. The maximum atomic E-state index is 14.0. The number of likely N-dealkylation sites (tertiary alicyclic amines) is 2. The van der Waals surface area contributed by atoms with E-state index in [0.29, 0.717) is 38.0 Å². The molecule has 3 aliphatic heterocycles. The summed E-state index contributed by atoms with van der Waals surface area (Å²) in [5.74, 6) is 0.550. The van der Waals surface area contributed by atoms with Gasteiger partial charge in [0.1, 0.15) is 0 Å². The number of rotatable bonds is 4. The highest BCUT2D eigenvalue weighted by Crippen LogP contribution is 2.44. The number of amides is 2. The van der Waals surface area contributed by atoms with Crippen LogP contribution in [-0.2, 0) is 21.5 Å². The standard InChI is InChI=1S/C29H41N3O2/c1-22(2)23-10-12-25(13-11-23)30-17-14-29(15-18-30)26-8-4-3-7-24(26)21-32(28(29)34)20-19-31-16-6-5-9-27(31)33/h3-4,7-8,25H,5-6,9-21H2,1-2H3. The topological polar surface area (TPSA) is 43.9 Å². The Labute approximate surface area is 205 Å². The summed E-state index contributed by atoms with van der Waals surface area (Å²) in [4.78, 5) is 33.0. The normalized spacial score (nSPS) is 25.6. The summed E-state index contributed by atoms with van der Waals surface area (Å²) >= 11 is 0. The summed E-state index contributed by atoms with van der Waals surface area (Å²) in [7, 11) is 0. The van der Waals surface area contributed by atoms with E-state index in [1.165, 1.54) is 42.4 Å². The SMILES string of the molecule is CC(C)=C1CCC(N2CCC3(CC2)C(=O)N(CCN2CCCCC2=O)Cc2ccccc23)CC1. The van der Waals surface area contributed by atoms with Gasteiger partial charge in [-0.05, 0) is 89.4 Å². The predicted octanol–water partition coefficient (Wildman–Crippen LogP) is 4.65. The maximum Gasteiger partial charge on any atom is 0.233 e. The van der Waals surface area contributed by atoms with Crippen LogP contribution in [0.1, 0.15) is 82.8 Å². The summed E-state index contributed by atoms with van der Waals surface area (Å²) in [5, 5.41) is 0. The molecule has 5 nitrogen and oxygen atoms in total. The molecule has 34 heavy (non-hydrogen) atoms.